The molecule has 0 bridgehead atoms. The van der Waals surface area contributed by atoms with Gasteiger partial charge in [-0.05, 0) is 18.6 Å². The molecular formula is C14H13BrN2O3. The second-order valence-electron chi connectivity index (χ2n) is 4.70. The number of hydrogen-bond donors (Lipinski definition) is 1. The summed E-state index contributed by atoms with van der Waals surface area (Å²) in [5.74, 6) is -0.387. The zero-order valence-electron chi connectivity index (χ0n) is 11.0. The van der Waals surface area contributed by atoms with Crippen molar-refractivity contribution < 1.29 is 14.7 Å². The molecule has 1 aliphatic rings. The first-order chi connectivity index (χ1) is 9.54. The summed E-state index contributed by atoms with van der Waals surface area (Å²) in [7, 11) is 1.35. The van der Waals surface area contributed by atoms with Gasteiger partial charge >= 0.3 is 0 Å². The smallest absolute Gasteiger partial charge is 0.281 e. The molecule has 0 saturated carbocycles. The Bertz CT molecular complexity index is 704. The Morgan fingerprint density at radius 1 is 1.45 bits per heavy atom. The molecule has 1 aliphatic heterocycles. The van der Waals surface area contributed by atoms with Crippen molar-refractivity contribution in [3.8, 4) is 0 Å². The van der Waals surface area contributed by atoms with Crippen LogP contribution in [-0.4, -0.2) is 34.4 Å². The number of rotatable bonds is 1. The van der Waals surface area contributed by atoms with E-state index in [1.54, 1.807) is 6.07 Å². The average Bonchev–Trinajstić information content (AvgIpc) is 2.45. The number of hydroxylamine groups is 2. The van der Waals surface area contributed by atoms with Gasteiger partial charge in [0.2, 0.25) is 0 Å². The number of aliphatic hydroxyl groups is 1. The molecular weight excluding hydrogens is 324 g/mol. The first kappa shape index (κ1) is 13.5. The molecule has 1 aromatic heterocycles. The first-order valence-electron chi connectivity index (χ1n) is 6.14. The number of benzene rings is 1. The standard InChI is InChI=1S/C14H13BrN2O3/c1-7-4-3-5-8-6-9-12(16-11(7)8)10(15)14(19)17(20-2)13(9)18/h3-6,10,14,19H,1-2H3. The summed E-state index contributed by atoms with van der Waals surface area (Å²) >= 11 is 3.39. The molecule has 1 N–H and O–H groups in total. The Morgan fingerprint density at radius 3 is 2.90 bits per heavy atom. The fraction of sp³-hybridized carbons (Fsp3) is 0.286. The maximum atomic E-state index is 12.3. The molecule has 0 radical (unpaired) electrons. The molecule has 0 spiro atoms. The third-order valence-electron chi connectivity index (χ3n) is 3.47. The maximum Gasteiger partial charge on any atom is 0.281 e. The van der Waals surface area contributed by atoms with Crippen LogP contribution in [0.15, 0.2) is 24.3 Å². The second kappa shape index (κ2) is 4.80. The molecule has 0 saturated heterocycles. The van der Waals surface area contributed by atoms with Crippen LogP contribution in [0, 0.1) is 6.92 Å². The zero-order valence-corrected chi connectivity index (χ0v) is 12.6. The van der Waals surface area contributed by atoms with E-state index < -0.39 is 11.1 Å². The van der Waals surface area contributed by atoms with E-state index in [-0.39, 0.29) is 5.91 Å². The van der Waals surface area contributed by atoms with Crippen LogP contribution in [0.25, 0.3) is 10.9 Å². The number of aryl methyl sites for hydroxylation is 1. The number of pyridine rings is 1. The van der Waals surface area contributed by atoms with Crippen LogP contribution in [0.1, 0.15) is 26.4 Å². The van der Waals surface area contributed by atoms with Gasteiger partial charge in [0.15, 0.2) is 6.23 Å². The fourth-order valence-corrected chi connectivity index (χ4v) is 3.00. The molecule has 2 unspecified atom stereocenters. The summed E-state index contributed by atoms with van der Waals surface area (Å²) in [6.45, 7) is 1.97. The molecule has 0 fully saturated rings. The van der Waals surface area contributed by atoms with Crippen molar-refractivity contribution in [2.24, 2.45) is 0 Å². The summed E-state index contributed by atoms with van der Waals surface area (Å²) in [5, 5.41) is 11.9. The fourth-order valence-electron chi connectivity index (χ4n) is 2.43. The monoisotopic (exact) mass is 336 g/mol. The van der Waals surface area contributed by atoms with Crippen molar-refractivity contribution in [2.45, 2.75) is 18.0 Å². The van der Waals surface area contributed by atoms with Crippen LogP contribution in [0.4, 0.5) is 0 Å². The number of aliphatic hydroxyl groups excluding tert-OH is 1. The number of fused-ring (bicyclic) bond motifs is 2. The third-order valence-corrected chi connectivity index (χ3v) is 4.37. The van der Waals surface area contributed by atoms with Gasteiger partial charge in [-0.2, -0.15) is 5.06 Å². The molecule has 6 heteroatoms. The van der Waals surface area contributed by atoms with E-state index in [4.69, 9.17) is 4.84 Å². The molecule has 104 valence electrons. The Kier molecular flexibility index (Phi) is 3.24. The number of aromatic nitrogens is 1. The van der Waals surface area contributed by atoms with Crippen molar-refractivity contribution in [3.63, 3.8) is 0 Å². The molecule has 1 amide bonds. The van der Waals surface area contributed by atoms with E-state index in [1.165, 1.54) is 7.11 Å². The SMILES string of the molecule is CON1C(=O)c2cc3cccc(C)c3nc2C(Br)C1O. The second-order valence-corrected chi connectivity index (χ2v) is 5.68. The number of nitrogens with zero attached hydrogens (tertiary/aromatic N) is 2. The van der Waals surface area contributed by atoms with Crippen molar-refractivity contribution in [2.75, 3.05) is 7.11 Å². The summed E-state index contributed by atoms with van der Waals surface area (Å²) < 4.78 is 0. The Morgan fingerprint density at radius 2 is 2.20 bits per heavy atom. The zero-order chi connectivity index (χ0) is 14.4. The van der Waals surface area contributed by atoms with Gasteiger partial charge in [-0.15, -0.1) is 0 Å². The van der Waals surface area contributed by atoms with E-state index in [0.717, 1.165) is 21.5 Å². The lowest BCUT2D eigenvalue weighted by molar-refractivity contribution is -0.185. The highest BCUT2D eigenvalue weighted by atomic mass is 79.9. The molecule has 0 aliphatic carbocycles. The van der Waals surface area contributed by atoms with Gasteiger partial charge in [0, 0.05) is 5.39 Å². The Hall–Kier alpha value is -1.50. The summed E-state index contributed by atoms with van der Waals surface area (Å²) in [5.41, 5.74) is 2.84. The highest BCUT2D eigenvalue weighted by Gasteiger charge is 2.39. The molecule has 1 aromatic carbocycles. The molecule has 5 nitrogen and oxygen atoms in total. The van der Waals surface area contributed by atoms with Crippen LogP contribution in [0.3, 0.4) is 0 Å². The number of carbonyl (C=O) groups is 1. The van der Waals surface area contributed by atoms with Gasteiger partial charge < -0.3 is 5.11 Å². The number of amides is 1. The lowest BCUT2D eigenvalue weighted by atomic mass is 10.0. The molecule has 3 rings (SSSR count). The number of carbonyl (C=O) groups excluding carboxylic acids is 1. The summed E-state index contributed by atoms with van der Waals surface area (Å²) in [6, 6.07) is 7.59. The minimum absolute atomic E-state index is 0.387. The van der Waals surface area contributed by atoms with Crippen LogP contribution < -0.4 is 0 Å². The summed E-state index contributed by atoms with van der Waals surface area (Å²) in [6.07, 6.45) is -1.10. The Labute approximate surface area is 124 Å². The van der Waals surface area contributed by atoms with Gasteiger partial charge in [0.05, 0.1) is 23.9 Å². The lowest BCUT2D eigenvalue weighted by Gasteiger charge is -2.33. The van der Waals surface area contributed by atoms with Crippen molar-refractivity contribution in [1.82, 2.24) is 10.0 Å². The normalized spacial score (nSPS) is 22.2. The van der Waals surface area contributed by atoms with Crippen LogP contribution in [0.2, 0.25) is 0 Å². The minimum atomic E-state index is -1.10. The third kappa shape index (κ3) is 1.83. The van der Waals surface area contributed by atoms with Crippen molar-refractivity contribution in [1.29, 1.82) is 0 Å². The largest absolute Gasteiger partial charge is 0.370 e. The van der Waals surface area contributed by atoms with E-state index in [9.17, 15) is 9.90 Å². The van der Waals surface area contributed by atoms with Gasteiger partial charge in [0.1, 0.15) is 4.83 Å². The van der Waals surface area contributed by atoms with Crippen LogP contribution in [-0.2, 0) is 4.84 Å². The quantitative estimate of drug-likeness (QED) is 0.812. The average molecular weight is 337 g/mol. The number of alkyl halides is 1. The van der Waals surface area contributed by atoms with Gasteiger partial charge in [-0.3, -0.25) is 14.6 Å². The van der Waals surface area contributed by atoms with E-state index in [1.807, 2.05) is 25.1 Å². The van der Waals surface area contributed by atoms with Crippen LogP contribution >= 0.6 is 15.9 Å². The van der Waals surface area contributed by atoms with Gasteiger partial charge in [-0.25, -0.2) is 0 Å². The predicted octanol–water partition coefficient (Wildman–Crippen LogP) is 2.31. The number of para-hydroxylation sites is 1. The van der Waals surface area contributed by atoms with Gasteiger partial charge in [-0.1, -0.05) is 34.1 Å². The van der Waals surface area contributed by atoms with E-state index in [0.29, 0.717) is 11.3 Å². The highest BCUT2D eigenvalue weighted by molar-refractivity contribution is 9.09. The van der Waals surface area contributed by atoms with Crippen LogP contribution in [0.5, 0.6) is 0 Å². The Balaban J connectivity index is 2.28. The summed E-state index contributed by atoms with van der Waals surface area (Å²) in [4.78, 5) is 21.3. The number of hydrogen-bond acceptors (Lipinski definition) is 4. The van der Waals surface area contributed by atoms with Crippen molar-refractivity contribution >= 4 is 32.7 Å². The predicted molar refractivity (Wildman–Crippen MR) is 77.3 cm³/mol. The number of halogens is 1. The van der Waals surface area contributed by atoms with Gasteiger partial charge in [0.25, 0.3) is 5.91 Å². The first-order valence-corrected chi connectivity index (χ1v) is 7.06. The highest BCUT2D eigenvalue weighted by Crippen LogP contribution is 2.37. The maximum absolute atomic E-state index is 12.3. The topological polar surface area (TPSA) is 62.7 Å². The van der Waals surface area contributed by atoms with E-state index >= 15 is 0 Å². The molecule has 20 heavy (non-hydrogen) atoms. The lowest BCUT2D eigenvalue weighted by Crippen LogP contribution is -2.46. The minimum Gasteiger partial charge on any atom is -0.370 e. The molecule has 2 heterocycles. The van der Waals surface area contributed by atoms with Crippen molar-refractivity contribution in [3.05, 3.63) is 41.1 Å². The van der Waals surface area contributed by atoms with E-state index in [2.05, 4.69) is 20.9 Å². The molecule has 2 atom stereocenters. The molecule has 2 aromatic rings.